The normalized spacial score (nSPS) is 11.3. The lowest BCUT2D eigenvalue weighted by atomic mass is 10.2. The van der Waals surface area contributed by atoms with Crippen molar-refractivity contribution in [3.63, 3.8) is 0 Å². The summed E-state index contributed by atoms with van der Waals surface area (Å²) in [6.07, 6.45) is 2.93. The number of rotatable bonds is 4. The van der Waals surface area contributed by atoms with Crippen molar-refractivity contribution in [1.82, 2.24) is 19.3 Å². The van der Waals surface area contributed by atoms with Gasteiger partial charge in [-0.2, -0.15) is 5.10 Å². The first kappa shape index (κ1) is 16.1. The minimum Gasteiger partial charge on any atom is -0.294 e. The first-order chi connectivity index (χ1) is 11.4. The van der Waals surface area contributed by atoms with Crippen LogP contribution in [-0.4, -0.2) is 24.3 Å². The predicted molar refractivity (Wildman–Crippen MR) is 89.4 cm³/mol. The van der Waals surface area contributed by atoms with E-state index in [1.807, 2.05) is 13.8 Å². The summed E-state index contributed by atoms with van der Waals surface area (Å²) >= 11 is 6.08. The fourth-order valence-electron chi connectivity index (χ4n) is 2.42. The fraction of sp³-hybridized carbons (Fsp3) is 0.267. The number of halogens is 1. The monoisotopic (exact) mass is 347 g/mol. The molecule has 0 aliphatic heterocycles. The molecule has 0 saturated heterocycles. The van der Waals surface area contributed by atoms with Crippen LogP contribution in [-0.2, 0) is 6.54 Å². The van der Waals surface area contributed by atoms with Crippen molar-refractivity contribution >= 4 is 28.3 Å². The summed E-state index contributed by atoms with van der Waals surface area (Å²) in [4.78, 5) is 27.1. The van der Waals surface area contributed by atoms with E-state index in [0.717, 1.165) is 0 Å². The maximum atomic E-state index is 12.6. The Balaban J connectivity index is 2.01. The summed E-state index contributed by atoms with van der Waals surface area (Å²) in [5.74, 6) is 0. The number of hydrogen-bond acceptors (Lipinski definition) is 5. The number of nitrogens with zero attached hydrogens (tertiary/aromatic N) is 5. The van der Waals surface area contributed by atoms with Crippen LogP contribution in [0.2, 0.25) is 5.02 Å². The number of aromatic nitrogens is 4. The third-order valence-corrected chi connectivity index (χ3v) is 4.01. The van der Waals surface area contributed by atoms with E-state index in [-0.39, 0.29) is 28.9 Å². The minimum absolute atomic E-state index is 0.0920. The van der Waals surface area contributed by atoms with Crippen LogP contribution in [0.15, 0.2) is 35.5 Å². The Morgan fingerprint density at radius 3 is 2.75 bits per heavy atom. The first-order valence-corrected chi connectivity index (χ1v) is 7.61. The van der Waals surface area contributed by atoms with E-state index >= 15 is 0 Å². The zero-order valence-corrected chi connectivity index (χ0v) is 13.8. The fourth-order valence-corrected chi connectivity index (χ4v) is 2.65. The highest BCUT2D eigenvalue weighted by atomic mass is 35.5. The van der Waals surface area contributed by atoms with Crippen molar-refractivity contribution in [2.24, 2.45) is 0 Å². The van der Waals surface area contributed by atoms with Crippen LogP contribution in [0.5, 0.6) is 0 Å². The molecule has 0 radical (unpaired) electrons. The molecule has 9 heteroatoms. The molecule has 3 aromatic rings. The molecule has 8 nitrogen and oxygen atoms in total. The van der Waals surface area contributed by atoms with Crippen molar-refractivity contribution in [2.45, 2.75) is 26.4 Å². The molecule has 24 heavy (non-hydrogen) atoms. The number of nitro benzene ring substituents is 1. The van der Waals surface area contributed by atoms with Crippen LogP contribution < -0.4 is 5.56 Å². The standard InChI is InChI=1S/C15H14ClN5O3/c1-9(2)20-14-12(6-18-20)15(22)19(8-17-14)7-10-3-4-11(21(23)24)5-13(10)16/h3-6,8-9H,7H2,1-2H3. The Hall–Kier alpha value is -2.74. The van der Waals surface area contributed by atoms with Gasteiger partial charge in [-0.15, -0.1) is 0 Å². The lowest BCUT2D eigenvalue weighted by molar-refractivity contribution is -0.384. The average Bonchev–Trinajstić information content (AvgIpc) is 2.96. The van der Waals surface area contributed by atoms with E-state index in [4.69, 9.17) is 11.6 Å². The third-order valence-electron chi connectivity index (χ3n) is 3.66. The van der Waals surface area contributed by atoms with E-state index < -0.39 is 4.92 Å². The van der Waals surface area contributed by atoms with Crippen molar-refractivity contribution in [3.8, 4) is 0 Å². The van der Waals surface area contributed by atoms with Crippen LogP contribution in [0.1, 0.15) is 25.5 Å². The summed E-state index contributed by atoms with van der Waals surface area (Å²) in [7, 11) is 0. The number of fused-ring (bicyclic) bond motifs is 1. The second-order valence-electron chi connectivity index (χ2n) is 5.63. The van der Waals surface area contributed by atoms with Crippen LogP contribution in [0.3, 0.4) is 0 Å². The van der Waals surface area contributed by atoms with Crippen molar-refractivity contribution in [2.75, 3.05) is 0 Å². The maximum Gasteiger partial charge on any atom is 0.270 e. The van der Waals surface area contributed by atoms with Crippen LogP contribution in [0, 0.1) is 10.1 Å². The Kier molecular flexibility index (Phi) is 4.06. The molecular formula is C15H14ClN5O3. The molecule has 0 unspecified atom stereocenters. The molecule has 0 spiro atoms. The van der Waals surface area contributed by atoms with E-state index in [0.29, 0.717) is 16.6 Å². The molecule has 1 aromatic carbocycles. The van der Waals surface area contributed by atoms with Gasteiger partial charge < -0.3 is 0 Å². The molecule has 2 aromatic heterocycles. The van der Waals surface area contributed by atoms with Gasteiger partial charge >= 0.3 is 0 Å². The van der Waals surface area contributed by atoms with Gasteiger partial charge in [0.2, 0.25) is 0 Å². The summed E-state index contributed by atoms with van der Waals surface area (Å²) in [6, 6.07) is 4.25. The molecule has 0 N–H and O–H groups in total. The van der Waals surface area contributed by atoms with Crippen LogP contribution in [0.25, 0.3) is 11.0 Å². The molecule has 2 heterocycles. The Bertz CT molecular complexity index is 992. The lowest BCUT2D eigenvalue weighted by Gasteiger charge is -2.09. The zero-order chi connectivity index (χ0) is 17.4. The SMILES string of the molecule is CC(C)n1ncc2c(=O)n(Cc3ccc([N+](=O)[O-])cc3Cl)cnc21. The average molecular weight is 348 g/mol. The first-order valence-electron chi connectivity index (χ1n) is 7.24. The lowest BCUT2D eigenvalue weighted by Crippen LogP contribution is -2.21. The number of nitro groups is 1. The molecule has 3 rings (SSSR count). The molecule has 0 aliphatic carbocycles. The molecule has 0 atom stereocenters. The molecule has 124 valence electrons. The quantitative estimate of drug-likeness (QED) is 0.534. The topological polar surface area (TPSA) is 95.8 Å². The minimum atomic E-state index is -0.518. The van der Waals surface area contributed by atoms with Gasteiger partial charge in [0.25, 0.3) is 11.2 Å². The van der Waals surface area contributed by atoms with E-state index in [9.17, 15) is 14.9 Å². The Morgan fingerprint density at radius 2 is 2.12 bits per heavy atom. The second kappa shape index (κ2) is 6.04. The van der Waals surface area contributed by atoms with Crippen molar-refractivity contribution in [3.05, 3.63) is 61.8 Å². The smallest absolute Gasteiger partial charge is 0.270 e. The van der Waals surface area contributed by atoms with Gasteiger partial charge in [0.05, 0.1) is 22.7 Å². The van der Waals surface area contributed by atoms with Gasteiger partial charge in [0, 0.05) is 18.2 Å². The van der Waals surface area contributed by atoms with Gasteiger partial charge in [-0.25, -0.2) is 9.67 Å². The van der Waals surface area contributed by atoms with Crippen molar-refractivity contribution < 1.29 is 4.92 Å². The molecular weight excluding hydrogens is 334 g/mol. The number of hydrogen-bond donors (Lipinski definition) is 0. The Labute approximate surface area is 141 Å². The summed E-state index contributed by atoms with van der Waals surface area (Å²) < 4.78 is 3.08. The van der Waals surface area contributed by atoms with Gasteiger partial charge in [-0.1, -0.05) is 11.6 Å². The number of non-ortho nitro benzene ring substituents is 1. The molecule has 0 aliphatic rings. The van der Waals surface area contributed by atoms with Gasteiger partial charge in [0.1, 0.15) is 11.7 Å². The molecule has 0 saturated carbocycles. The summed E-state index contributed by atoms with van der Waals surface area (Å²) in [5.41, 5.74) is 0.798. The van der Waals surface area contributed by atoms with E-state index in [1.54, 1.807) is 4.68 Å². The maximum absolute atomic E-state index is 12.6. The highest BCUT2D eigenvalue weighted by Crippen LogP contribution is 2.23. The predicted octanol–water partition coefficient (Wildman–Crippen LogP) is 2.78. The molecule has 0 bridgehead atoms. The molecule has 0 fully saturated rings. The summed E-state index contributed by atoms with van der Waals surface area (Å²) in [6.45, 7) is 4.08. The zero-order valence-electron chi connectivity index (χ0n) is 13.0. The van der Waals surface area contributed by atoms with Crippen LogP contribution >= 0.6 is 11.6 Å². The second-order valence-corrected chi connectivity index (χ2v) is 6.04. The van der Waals surface area contributed by atoms with Gasteiger partial charge in [-0.3, -0.25) is 19.5 Å². The Morgan fingerprint density at radius 1 is 1.38 bits per heavy atom. The summed E-state index contributed by atoms with van der Waals surface area (Å²) in [5, 5.41) is 15.6. The van der Waals surface area contributed by atoms with E-state index in [2.05, 4.69) is 10.1 Å². The third kappa shape index (κ3) is 2.76. The van der Waals surface area contributed by atoms with Gasteiger partial charge in [0.15, 0.2) is 5.65 Å². The highest BCUT2D eigenvalue weighted by molar-refractivity contribution is 6.31. The number of benzene rings is 1. The van der Waals surface area contributed by atoms with Crippen LogP contribution in [0.4, 0.5) is 5.69 Å². The molecule has 0 amide bonds. The van der Waals surface area contributed by atoms with E-state index in [1.165, 1.54) is 35.3 Å². The largest absolute Gasteiger partial charge is 0.294 e. The van der Waals surface area contributed by atoms with Gasteiger partial charge in [-0.05, 0) is 25.5 Å². The highest BCUT2D eigenvalue weighted by Gasteiger charge is 2.14. The van der Waals surface area contributed by atoms with Crippen molar-refractivity contribution in [1.29, 1.82) is 0 Å².